The molecule has 2 aromatic rings. The summed E-state index contributed by atoms with van der Waals surface area (Å²) in [5.74, 6) is 0.257. The number of likely N-dealkylation sites (tertiary alicyclic amines) is 2. The molecule has 28 heavy (non-hydrogen) atoms. The third-order valence-corrected chi connectivity index (χ3v) is 5.90. The van der Waals surface area contributed by atoms with E-state index in [4.69, 9.17) is 0 Å². The van der Waals surface area contributed by atoms with Gasteiger partial charge in [-0.25, -0.2) is 0 Å². The molecule has 2 amide bonds. The lowest BCUT2D eigenvalue weighted by Gasteiger charge is -2.48. The summed E-state index contributed by atoms with van der Waals surface area (Å²) >= 11 is 0. The Labute approximate surface area is 165 Å². The summed E-state index contributed by atoms with van der Waals surface area (Å²) in [7, 11) is 0. The summed E-state index contributed by atoms with van der Waals surface area (Å²) in [6.07, 6.45) is 6.89. The maximum Gasteiger partial charge on any atom is 0.253 e. The van der Waals surface area contributed by atoms with Gasteiger partial charge in [0.15, 0.2) is 0 Å². The number of amides is 2. The minimum absolute atomic E-state index is 0.0191. The van der Waals surface area contributed by atoms with Gasteiger partial charge in [0.2, 0.25) is 5.91 Å². The fourth-order valence-electron chi connectivity index (χ4n) is 4.42. The van der Waals surface area contributed by atoms with Crippen LogP contribution in [-0.4, -0.2) is 51.2 Å². The molecule has 0 radical (unpaired) electrons. The zero-order valence-electron chi connectivity index (χ0n) is 16.3. The third kappa shape index (κ3) is 3.91. The number of hydrogen-bond donors (Lipinski definition) is 0. The molecule has 0 aliphatic carbocycles. The number of aryl methyl sites for hydroxylation is 1. The van der Waals surface area contributed by atoms with Gasteiger partial charge >= 0.3 is 0 Å². The molecule has 1 unspecified atom stereocenters. The van der Waals surface area contributed by atoms with Gasteiger partial charge in [0, 0.05) is 43.2 Å². The summed E-state index contributed by atoms with van der Waals surface area (Å²) in [6, 6.07) is 9.47. The highest BCUT2D eigenvalue weighted by Gasteiger charge is 2.42. The van der Waals surface area contributed by atoms with Gasteiger partial charge < -0.3 is 9.80 Å². The van der Waals surface area contributed by atoms with Gasteiger partial charge in [-0.1, -0.05) is 18.2 Å². The number of nitrogens with zero attached hydrogens (tertiary/aromatic N) is 4. The Morgan fingerprint density at radius 1 is 1.11 bits per heavy atom. The van der Waals surface area contributed by atoms with Gasteiger partial charge in [0.1, 0.15) is 0 Å². The van der Waals surface area contributed by atoms with E-state index in [1.807, 2.05) is 47.1 Å². The Bertz CT molecular complexity index is 853. The highest BCUT2D eigenvalue weighted by molar-refractivity contribution is 5.94. The Morgan fingerprint density at radius 3 is 2.68 bits per heavy atom. The number of carbonyl (C=O) groups excluding carboxylic acids is 2. The van der Waals surface area contributed by atoms with Crippen LogP contribution in [0.1, 0.15) is 47.4 Å². The third-order valence-electron chi connectivity index (χ3n) is 5.90. The van der Waals surface area contributed by atoms with Crippen LogP contribution >= 0.6 is 0 Å². The highest BCUT2D eigenvalue weighted by Crippen LogP contribution is 2.39. The van der Waals surface area contributed by atoms with E-state index in [9.17, 15) is 9.59 Å². The molecular formula is C22H26N4O2. The van der Waals surface area contributed by atoms with Gasteiger partial charge in [-0.3, -0.25) is 19.6 Å². The predicted molar refractivity (Wildman–Crippen MR) is 105 cm³/mol. The molecule has 6 heteroatoms. The maximum atomic E-state index is 12.9. The van der Waals surface area contributed by atoms with E-state index < -0.39 is 0 Å². The summed E-state index contributed by atoms with van der Waals surface area (Å²) < 4.78 is 0. The topological polar surface area (TPSA) is 66.4 Å². The highest BCUT2D eigenvalue weighted by atomic mass is 16.2. The second kappa shape index (κ2) is 7.70. The molecule has 0 bridgehead atoms. The monoisotopic (exact) mass is 378 g/mol. The van der Waals surface area contributed by atoms with Gasteiger partial charge in [0.25, 0.3) is 5.91 Å². The van der Waals surface area contributed by atoms with E-state index in [1.165, 1.54) is 0 Å². The molecule has 1 aromatic heterocycles. The lowest BCUT2D eigenvalue weighted by molar-refractivity contribution is -0.139. The molecule has 4 rings (SSSR count). The first-order valence-electron chi connectivity index (χ1n) is 9.94. The van der Waals surface area contributed by atoms with Crippen LogP contribution in [0.2, 0.25) is 0 Å². The van der Waals surface area contributed by atoms with Crippen LogP contribution in [0.4, 0.5) is 0 Å². The Hall–Kier alpha value is -2.76. The van der Waals surface area contributed by atoms with Gasteiger partial charge in [-0.15, -0.1) is 0 Å². The Morgan fingerprint density at radius 2 is 1.93 bits per heavy atom. The zero-order chi connectivity index (χ0) is 19.6. The van der Waals surface area contributed by atoms with Gasteiger partial charge in [-0.2, -0.15) is 0 Å². The average Bonchev–Trinajstić information content (AvgIpc) is 2.73. The van der Waals surface area contributed by atoms with Crippen molar-refractivity contribution in [1.29, 1.82) is 0 Å². The van der Waals surface area contributed by atoms with Crippen molar-refractivity contribution < 1.29 is 9.59 Å². The first-order valence-corrected chi connectivity index (χ1v) is 9.94. The summed E-state index contributed by atoms with van der Waals surface area (Å²) in [5.41, 5.74) is 2.39. The van der Waals surface area contributed by atoms with Crippen LogP contribution < -0.4 is 0 Å². The van der Waals surface area contributed by atoms with Crippen molar-refractivity contribution in [2.45, 2.75) is 39.2 Å². The predicted octanol–water partition coefficient (Wildman–Crippen LogP) is 2.83. The van der Waals surface area contributed by atoms with E-state index in [0.29, 0.717) is 26.1 Å². The lowest BCUT2D eigenvalue weighted by Crippen LogP contribution is -2.54. The van der Waals surface area contributed by atoms with Gasteiger partial charge in [-0.05, 0) is 38.3 Å². The molecule has 0 N–H and O–H groups in total. The summed E-state index contributed by atoms with van der Waals surface area (Å²) in [4.78, 5) is 38.0. The van der Waals surface area contributed by atoms with Crippen LogP contribution in [0.25, 0.3) is 0 Å². The largest absolute Gasteiger partial charge is 0.338 e. The van der Waals surface area contributed by atoms with Crippen LogP contribution in [-0.2, 0) is 11.3 Å². The molecule has 146 valence electrons. The molecule has 3 heterocycles. The fraction of sp³-hybridized carbons (Fsp3) is 0.455. The molecular weight excluding hydrogens is 352 g/mol. The number of rotatable bonds is 3. The minimum Gasteiger partial charge on any atom is -0.338 e. The maximum absolute atomic E-state index is 12.9. The van der Waals surface area contributed by atoms with E-state index in [0.717, 1.165) is 42.8 Å². The van der Waals surface area contributed by atoms with Gasteiger partial charge in [0.05, 0.1) is 24.1 Å². The number of benzene rings is 1. The van der Waals surface area contributed by atoms with Crippen molar-refractivity contribution in [3.8, 4) is 0 Å². The van der Waals surface area contributed by atoms with Crippen molar-refractivity contribution in [1.82, 2.24) is 19.8 Å². The first kappa shape index (κ1) is 18.6. The second-order valence-electron chi connectivity index (χ2n) is 8.10. The number of carbonyl (C=O) groups is 2. The average molecular weight is 378 g/mol. The molecule has 1 atom stereocenters. The second-order valence-corrected chi connectivity index (χ2v) is 8.10. The van der Waals surface area contributed by atoms with Crippen molar-refractivity contribution >= 4 is 11.8 Å². The van der Waals surface area contributed by atoms with Crippen molar-refractivity contribution in [2.75, 3.05) is 19.6 Å². The van der Waals surface area contributed by atoms with Crippen LogP contribution in [0.5, 0.6) is 0 Å². The molecule has 2 aliphatic rings. The Balaban J connectivity index is 1.48. The summed E-state index contributed by atoms with van der Waals surface area (Å²) in [5, 5.41) is 0. The minimum atomic E-state index is -0.0191. The van der Waals surface area contributed by atoms with E-state index in [2.05, 4.69) is 9.97 Å². The molecule has 1 aromatic carbocycles. The molecule has 2 fully saturated rings. The Kier molecular flexibility index (Phi) is 5.11. The van der Waals surface area contributed by atoms with Crippen LogP contribution in [0.3, 0.4) is 0 Å². The van der Waals surface area contributed by atoms with E-state index in [-0.39, 0.29) is 17.2 Å². The van der Waals surface area contributed by atoms with Crippen molar-refractivity contribution in [3.63, 3.8) is 0 Å². The number of aromatic nitrogens is 2. The normalized spacial score (nSPS) is 22.5. The number of piperidine rings is 2. The zero-order valence-corrected chi connectivity index (χ0v) is 16.3. The molecule has 2 saturated heterocycles. The van der Waals surface area contributed by atoms with Crippen molar-refractivity contribution in [2.24, 2.45) is 5.41 Å². The van der Waals surface area contributed by atoms with E-state index in [1.54, 1.807) is 12.4 Å². The fourth-order valence-corrected chi connectivity index (χ4v) is 4.42. The van der Waals surface area contributed by atoms with E-state index >= 15 is 0 Å². The lowest BCUT2D eigenvalue weighted by atomic mass is 9.73. The molecule has 6 nitrogen and oxygen atoms in total. The molecule has 1 spiro atoms. The standard InChI is InChI=1S/C22H26N4O2/c1-17-12-24-19(13-23-17)14-26-16-22(10-8-20(26)27)9-5-11-25(15-22)21(28)18-6-3-2-4-7-18/h2-4,6-7,12-13H,5,8-11,14-16H2,1H3. The quantitative estimate of drug-likeness (QED) is 0.824. The van der Waals surface area contributed by atoms with Crippen molar-refractivity contribution in [3.05, 3.63) is 59.7 Å². The smallest absolute Gasteiger partial charge is 0.253 e. The summed E-state index contributed by atoms with van der Waals surface area (Å²) in [6.45, 7) is 4.57. The van der Waals surface area contributed by atoms with Crippen LogP contribution in [0, 0.1) is 12.3 Å². The molecule has 0 saturated carbocycles. The first-order chi connectivity index (χ1) is 13.5. The molecule has 2 aliphatic heterocycles. The SMILES string of the molecule is Cc1cnc(CN2CC3(CCCN(C(=O)c4ccccc4)C3)CCC2=O)cn1. The number of hydrogen-bond acceptors (Lipinski definition) is 4. The van der Waals surface area contributed by atoms with Crippen LogP contribution in [0.15, 0.2) is 42.7 Å².